The van der Waals surface area contributed by atoms with Gasteiger partial charge in [-0.15, -0.1) is 0 Å². The molecule has 0 saturated heterocycles. The lowest BCUT2D eigenvalue weighted by Crippen LogP contribution is -2.41. The van der Waals surface area contributed by atoms with Crippen LogP contribution in [0, 0.1) is 0 Å². The second-order valence-corrected chi connectivity index (χ2v) is 8.93. The van der Waals surface area contributed by atoms with Crippen molar-refractivity contribution in [1.82, 2.24) is 9.97 Å². The van der Waals surface area contributed by atoms with E-state index in [0.29, 0.717) is 5.69 Å². The molecule has 0 aliphatic carbocycles. The molecular formula is C18H20N6O4S. The minimum absolute atomic E-state index is 0.0570. The Morgan fingerprint density at radius 1 is 1.00 bits per heavy atom. The summed E-state index contributed by atoms with van der Waals surface area (Å²) in [6, 6.07) is 7.40. The summed E-state index contributed by atoms with van der Waals surface area (Å²) >= 11 is 0. The molecule has 0 radical (unpaired) electrons. The molecule has 29 heavy (non-hydrogen) atoms. The highest BCUT2D eigenvalue weighted by molar-refractivity contribution is 7.89. The van der Waals surface area contributed by atoms with Crippen molar-refractivity contribution in [2.75, 3.05) is 16.0 Å². The molecule has 10 nitrogen and oxygen atoms in total. The van der Waals surface area contributed by atoms with Crippen LogP contribution in [-0.2, 0) is 10.0 Å². The average molecular weight is 416 g/mol. The largest absolute Gasteiger partial charge is 0.375 e. The number of nitrogens with two attached hydrogens (primary N) is 1. The van der Waals surface area contributed by atoms with Crippen LogP contribution in [0.1, 0.15) is 20.8 Å². The molecule has 0 unspecified atom stereocenters. The van der Waals surface area contributed by atoms with Gasteiger partial charge in [0.05, 0.1) is 4.90 Å². The normalized spacial score (nSPS) is 12.0. The van der Waals surface area contributed by atoms with E-state index >= 15 is 0 Å². The summed E-state index contributed by atoms with van der Waals surface area (Å²) in [6.45, 7) is 5.61. The van der Waals surface area contributed by atoms with Crippen LogP contribution in [0.4, 0.5) is 28.8 Å². The molecule has 1 aromatic heterocycles. The summed E-state index contributed by atoms with van der Waals surface area (Å²) < 4.78 is 23.0. The second kappa shape index (κ2) is 7.26. The predicted molar refractivity (Wildman–Crippen MR) is 111 cm³/mol. The fourth-order valence-electron chi connectivity index (χ4n) is 2.50. The number of rotatable bonds is 6. The number of hydrogen-bond acceptors (Lipinski definition) is 9. The maximum Gasteiger partial charge on any atom is 0.253 e. The van der Waals surface area contributed by atoms with Crippen LogP contribution in [-0.4, -0.2) is 23.9 Å². The molecule has 3 rings (SSSR count). The minimum Gasteiger partial charge on any atom is -0.375 e. The molecule has 2 aromatic carbocycles. The Labute approximate surface area is 166 Å². The third-order valence-corrected chi connectivity index (χ3v) is 4.65. The lowest BCUT2D eigenvalue weighted by atomic mass is 10.1. The highest BCUT2D eigenvalue weighted by Crippen LogP contribution is 2.23. The van der Waals surface area contributed by atoms with Crippen LogP contribution in [0.25, 0.3) is 0 Å². The fourth-order valence-corrected chi connectivity index (χ4v) is 3.06. The number of nitrogens with zero attached hydrogens (tertiary/aromatic N) is 2. The van der Waals surface area contributed by atoms with Gasteiger partial charge in [0.1, 0.15) is 17.2 Å². The Hall–Kier alpha value is -3.31. The first kappa shape index (κ1) is 20.4. The van der Waals surface area contributed by atoms with Crippen molar-refractivity contribution in [1.29, 1.82) is 0 Å². The summed E-state index contributed by atoms with van der Waals surface area (Å²) in [5, 5.41) is 13.8. The molecule has 0 amide bonds. The molecule has 11 heteroatoms. The van der Waals surface area contributed by atoms with E-state index in [4.69, 9.17) is 5.14 Å². The van der Waals surface area contributed by atoms with E-state index in [1.165, 1.54) is 30.5 Å². The predicted octanol–water partition coefficient (Wildman–Crippen LogP) is 1.42. The van der Waals surface area contributed by atoms with Gasteiger partial charge >= 0.3 is 0 Å². The van der Waals surface area contributed by atoms with Gasteiger partial charge in [-0.2, -0.15) is 4.98 Å². The van der Waals surface area contributed by atoms with Crippen molar-refractivity contribution >= 4 is 38.9 Å². The number of aromatic nitrogens is 2. The van der Waals surface area contributed by atoms with Gasteiger partial charge in [0, 0.05) is 17.4 Å². The lowest BCUT2D eigenvalue weighted by Gasteiger charge is -2.24. The molecule has 1 heterocycles. The van der Waals surface area contributed by atoms with Crippen LogP contribution in [0.5, 0.6) is 0 Å². The van der Waals surface area contributed by atoms with E-state index in [1.807, 2.05) is 20.8 Å². The number of hydrogen-bond donors (Lipinski definition) is 4. The van der Waals surface area contributed by atoms with Crippen LogP contribution in [0.3, 0.4) is 0 Å². The molecule has 0 spiro atoms. The van der Waals surface area contributed by atoms with Gasteiger partial charge in [0.15, 0.2) is 0 Å². The lowest BCUT2D eigenvalue weighted by molar-refractivity contribution is 0.598. The summed E-state index contributed by atoms with van der Waals surface area (Å²) in [7, 11) is -3.85. The van der Waals surface area contributed by atoms with Crippen LogP contribution in [0.2, 0.25) is 0 Å². The van der Waals surface area contributed by atoms with E-state index in [9.17, 15) is 18.0 Å². The molecule has 0 aliphatic rings. The molecular weight excluding hydrogens is 396 g/mol. The maximum absolute atomic E-state index is 11.9. The number of benzene rings is 1. The summed E-state index contributed by atoms with van der Waals surface area (Å²) in [6.07, 6.45) is 1.45. The van der Waals surface area contributed by atoms with E-state index in [0.717, 1.165) is 0 Å². The third-order valence-electron chi connectivity index (χ3n) is 3.74. The fraction of sp³-hybridized carbons (Fsp3) is 0.222. The van der Waals surface area contributed by atoms with Gasteiger partial charge in [-0.05, 0) is 45.0 Å². The quantitative estimate of drug-likeness (QED) is 0.436. The van der Waals surface area contributed by atoms with Crippen molar-refractivity contribution in [2.45, 2.75) is 31.2 Å². The Kier molecular flexibility index (Phi) is 5.11. The van der Waals surface area contributed by atoms with Gasteiger partial charge < -0.3 is 16.0 Å². The average Bonchev–Trinajstić information content (AvgIpc) is 2.63. The number of anilines is 5. The zero-order chi connectivity index (χ0) is 21.4. The van der Waals surface area contributed by atoms with E-state index < -0.39 is 26.4 Å². The molecule has 0 fully saturated rings. The smallest absolute Gasteiger partial charge is 0.253 e. The van der Waals surface area contributed by atoms with E-state index in [-0.39, 0.29) is 28.0 Å². The summed E-state index contributed by atoms with van der Waals surface area (Å²) in [5.74, 6) is 0.444. The maximum atomic E-state index is 11.9. The summed E-state index contributed by atoms with van der Waals surface area (Å²) in [5.41, 5.74) is -0.869. The molecule has 0 atom stereocenters. The second-order valence-electron chi connectivity index (χ2n) is 7.37. The van der Waals surface area contributed by atoms with Crippen LogP contribution in [0.15, 0.2) is 51.0 Å². The first-order valence-corrected chi connectivity index (χ1v) is 10.1. The number of sulfonamides is 1. The van der Waals surface area contributed by atoms with Gasteiger partial charge in [-0.3, -0.25) is 9.59 Å². The Morgan fingerprint density at radius 3 is 2.34 bits per heavy atom. The SMILES string of the molecule is CC(C)(C)Nc1c(Nc2ccnc(Nc3cccc(S(N)(=O)=O)c3)n2)c(=O)c1=O. The van der Waals surface area contributed by atoms with Crippen molar-refractivity contribution in [2.24, 2.45) is 5.14 Å². The Bertz CT molecular complexity index is 1240. The molecule has 0 aliphatic heterocycles. The van der Waals surface area contributed by atoms with Gasteiger partial charge in [-0.25, -0.2) is 18.5 Å². The third kappa shape index (κ3) is 4.76. The van der Waals surface area contributed by atoms with Gasteiger partial charge in [-0.1, -0.05) is 6.07 Å². The van der Waals surface area contributed by atoms with Crippen molar-refractivity contribution in [3.05, 3.63) is 57.0 Å². The zero-order valence-corrected chi connectivity index (χ0v) is 16.8. The van der Waals surface area contributed by atoms with Crippen LogP contribution < -0.4 is 31.9 Å². The highest BCUT2D eigenvalue weighted by atomic mass is 32.2. The van der Waals surface area contributed by atoms with E-state index in [1.54, 1.807) is 6.07 Å². The standard InChI is InChI=1S/C18H20N6O4S/c1-18(2,3)24-14-13(15(25)16(14)26)22-12-7-8-20-17(23-12)21-10-5-4-6-11(9-10)29(19,27)28/h4-9,24H,1-3H3,(H2,19,27,28)(H2,20,21,22,23). The molecule has 152 valence electrons. The van der Waals surface area contributed by atoms with Crippen molar-refractivity contribution in [3.63, 3.8) is 0 Å². The van der Waals surface area contributed by atoms with Crippen LogP contribution >= 0.6 is 0 Å². The first-order chi connectivity index (χ1) is 13.4. The molecule has 0 bridgehead atoms. The molecule has 5 N–H and O–H groups in total. The van der Waals surface area contributed by atoms with Gasteiger partial charge in [0.2, 0.25) is 16.0 Å². The van der Waals surface area contributed by atoms with Gasteiger partial charge in [0.25, 0.3) is 10.9 Å². The monoisotopic (exact) mass is 416 g/mol. The number of nitrogens with one attached hydrogen (secondary N) is 3. The summed E-state index contributed by atoms with van der Waals surface area (Å²) in [4.78, 5) is 32.0. The molecule has 3 aromatic rings. The topological polar surface area (TPSA) is 156 Å². The first-order valence-electron chi connectivity index (χ1n) is 8.55. The van der Waals surface area contributed by atoms with E-state index in [2.05, 4.69) is 25.9 Å². The van der Waals surface area contributed by atoms with Crippen molar-refractivity contribution < 1.29 is 8.42 Å². The Balaban J connectivity index is 1.83. The molecule has 0 saturated carbocycles. The van der Waals surface area contributed by atoms with Crippen molar-refractivity contribution in [3.8, 4) is 0 Å². The Morgan fingerprint density at radius 2 is 1.69 bits per heavy atom. The minimum atomic E-state index is -3.85. The number of primary sulfonamides is 1. The zero-order valence-electron chi connectivity index (χ0n) is 16.0. The highest BCUT2D eigenvalue weighted by Gasteiger charge is 2.25.